The number of hydrogen-bond acceptors (Lipinski definition) is 2. The normalized spacial score (nSPS) is 11.8. The molecule has 0 saturated carbocycles. The highest BCUT2D eigenvalue weighted by molar-refractivity contribution is 5.35. The summed E-state index contributed by atoms with van der Waals surface area (Å²) >= 11 is 0. The Morgan fingerprint density at radius 2 is 2.36 bits per heavy atom. The second kappa shape index (κ2) is 4.54. The highest BCUT2D eigenvalue weighted by Crippen LogP contribution is 2.19. The predicted octanol–water partition coefficient (Wildman–Crippen LogP) is 2.27. The molecule has 0 amide bonds. The molecule has 2 N–H and O–H groups in total. The summed E-state index contributed by atoms with van der Waals surface area (Å²) in [6.45, 7) is 3.53. The van der Waals surface area contributed by atoms with Gasteiger partial charge in [0.1, 0.15) is 5.82 Å². The lowest BCUT2D eigenvalue weighted by Crippen LogP contribution is -2.11. The first kappa shape index (κ1) is 10.4. The molecule has 1 rings (SSSR count). The van der Waals surface area contributed by atoms with E-state index in [1.54, 1.807) is 6.08 Å². The summed E-state index contributed by atoms with van der Waals surface area (Å²) in [5.41, 5.74) is 6.49. The first-order valence-electron chi connectivity index (χ1n) is 4.25. The first-order valence-corrected chi connectivity index (χ1v) is 4.25. The number of halogens is 1. The molecule has 0 fully saturated rings. The van der Waals surface area contributed by atoms with E-state index in [-0.39, 0.29) is 5.82 Å². The van der Waals surface area contributed by atoms with Crippen LogP contribution in [-0.2, 0) is 0 Å². The van der Waals surface area contributed by atoms with E-state index < -0.39 is 6.04 Å². The van der Waals surface area contributed by atoms with Crippen molar-refractivity contribution in [2.45, 2.75) is 12.5 Å². The highest BCUT2D eigenvalue weighted by atomic mass is 19.1. The Morgan fingerprint density at radius 1 is 1.64 bits per heavy atom. The highest BCUT2D eigenvalue weighted by Gasteiger charge is 2.10. The van der Waals surface area contributed by atoms with Gasteiger partial charge in [-0.3, -0.25) is 0 Å². The molecule has 1 aromatic carbocycles. The van der Waals surface area contributed by atoms with Crippen molar-refractivity contribution in [3.05, 3.63) is 47.8 Å². The maximum atomic E-state index is 13.3. The molecule has 0 aromatic heterocycles. The lowest BCUT2D eigenvalue weighted by Gasteiger charge is -2.10. The van der Waals surface area contributed by atoms with Crippen LogP contribution in [0.1, 0.15) is 23.6 Å². The Hall–Kier alpha value is -1.66. The predicted molar refractivity (Wildman–Crippen MR) is 52.9 cm³/mol. The van der Waals surface area contributed by atoms with Gasteiger partial charge in [-0.2, -0.15) is 5.26 Å². The van der Waals surface area contributed by atoms with Gasteiger partial charge < -0.3 is 5.73 Å². The molecule has 0 radical (unpaired) electrons. The van der Waals surface area contributed by atoms with Gasteiger partial charge in [0, 0.05) is 11.6 Å². The Bertz CT molecular complexity index is 379. The largest absolute Gasteiger partial charge is 0.324 e. The van der Waals surface area contributed by atoms with Crippen LogP contribution in [0.2, 0.25) is 0 Å². The van der Waals surface area contributed by atoms with Crippen molar-refractivity contribution in [1.29, 1.82) is 5.26 Å². The molecule has 0 aliphatic carbocycles. The number of nitrogens with two attached hydrogens (primary N) is 1. The van der Waals surface area contributed by atoms with Gasteiger partial charge in [0.25, 0.3) is 0 Å². The van der Waals surface area contributed by atoms with Crippen molar-refractivity contribution < 1.29 is 4.39 Å². The third-order valence-corrected chi connectivity index (χ3v) is 1.95. The number of nitriles is 1. The molecule has 0 heterocycles. The van der Waals surface area contributed by atoms with E-state index in [0.717, 1.165) is 0 Å². The molecule has 0 saturated heterocycles. The van der Waals surface area contributed by atoms with Gasteiger partial charge >= 0.3 is 0 Å². The van der Waals surface area contributed by atoms with Crippen LogP contribution < -0.4 is 5.73 Å². The van der Waals surface area contributed by atoms with Crippen LogP contribution >= 0.6 is 0 Å². The molecule has 1 atom stereocenters. The summed E-state index contributed by atoms with van der Waals surface area (Å²) in [6.07, 6.45) is 2.12. The van der Waals surface area contributed by atoms with E-state index in [9.17, 15) is 4.39 Å². The topological polar surface area (TPSA) is 49.8 Å². The molecule has 14 heavy (non-hydrogen) atoms. The third kappa shape index (κ3) is 2.18. The third-order valence-electron chi connectivity index (χ3n) is 1.95. The smallest absolute Gasteiger partial charge is 0.128 e. The molecule has 72 valence electrons. The van der Waals surface area contributed by atoms with E-state index in [4.69, 9.17) is 11.0 Å². The van der Waals surface area contributed by atoms with Crippen molar-refractivity contribution in [3.63, 3.8) is 0 Å². The fraction of sp³-hybridized carbons (Fsp3) is 0.182. The quantitative estimate of drug-likeness (QED) is 0.743. The van der Waals surface area contributed by atoms with Gasteiger partial charge in [0.05, 0.1) is 11.6 Å². The molecule has 0 aliphatic heterocycles. The van der Waals surface area contributed by atoms with Crippen LogP contribution in [0.4, 0.5) is 4.39 Å². The SMILES string of the molecule is C=CCC(N)c1cc(C#N)ccc1F. The van der Waals surface area contributed by atoms with Crippen molar-refractivity contribution in [3.8, 4) is 6.07 Å². The molecule has 0 spiro atoms. The van der Waals surface area contributed by atoms with Gasteiger partial charge in [-0.1, -0.05) is 6.08 Å². The van der Waals surface area contributed by atoms with Crippen molar-refractivity contribution >= 4 is 0 Å². The van der Waals surface area contributed by atoms with Gasteiger partial charge in [0.15, 0.2) is 0 Å². The van der Waals surface area contributed by atoms with Crippen molar-refractivity contribution in [2.75, 3.05) is 0 Å². The summed E-state index contributed by atoms with van der Waals surface area (Å²) in [5, 5.41) is 8.63. The van der Waals surface area contributed by atoms with Crippen LogP contribution in [0.25, 0.3) is 0 Å². The Balaban J connectivity index is 3.06. The molecular formula is C11H11FN2. The summed E-state index contributed by atoms with van der Waals surface area (Å²) in [5.74, 6) is -0.377. The maximum absolute atomic E-state index is 13.3. The monoisotopic (exact) mass is 190 g/mol. The Morgan fingerprint density at radius 3 is 2.93 bits per heavy atom. The van der Waals surface area contributed by atoms with Crippen LogP contribution in [0.15, 0.2) is 30.9 Å². The minimum Gasteiger partial charge on any atom is -0.324 e. The second-order valence-electron chi connectivity index (χ2n) is 2.98. The minimum atomic E-state index is -0.430. The average molecular weight is 190 g/mol. The molecular weight excluding hydrogens is 179 g/mol. The standard InChI is InChI=1S/C11H11FN2/c1-2-3-11(14)9-6-8(7-13)4-5-10(9)12/h2,4-6,11H,1,3,14H2. The maximum Gasteiger partial charge on any atom is 0.128 e. The summed E-state index contributed by atoms with van der Waals surface area (Å²) in [6, 6.07) is 5.68. The van der Waals surface area contributed by atoms with Crippen LogP contribution in [-0.4, -0.2) is 0 Å². The van der Waals surface area contributed by atoms with E-state index in [0.29, 0.717) is 17.5 Å². The average Bonchev–Trinajstić information content (AvgIpc) is 2.19. The fourth-order valence-electron chi connectivity index (χ4n) is 1.20. The van der Waals surface area contributed by atoms with Gasteiger partial charge in [-0.15, -0.1) is 6.58 Å². The van der Waals surface area contributed by atoms with Gasteiger partial charge in [-0.25, -0.2) is 4.39 Å². The van der Waals surface area contributed by atoms with Gasteiger partial charge in [-0.05, 0) is 24.6 Å². The first-order chi connectivity index (χ1) is 6.69. The zero-order chi connectivity index (χ0) is 10.6. The van der Waals surface area contributed by atoms with Gasteiger partial charge in [0.2, 0.25) is 0 Å². The number of nitrogens with zero attached hydrogens (tertiary/aromatic N) is 1. The molecule has 1 unspecified atom stereocenters. The van der Waals surface area contributed by atoms with Crippen LogP contribution in [0, 0.1) is 17.1 Å². The number of rotatable bonds is 3. The zero-order valence-corrected chi connectivity index (χ0v) is 7.70. The number of hydrogen-bond donors (Lipinski definition) is 1. The van der Waals surface area contributed by atoms with E-state index >= 15 is 0 Å². The lowest BCUT2D eigenvalue weighted by molar-refractivity contribution is 0.583. The Kier molecular flexibility index (Phi) is 3.38. The van der Waals surface area contributed by atoms with E-state index in [1.807, 2.05) is 6.07 Å². The summed E-state index contributed by atoms with van der Waals surface area (Å²) < 4.78 is 13.3. The minimum absolute atomic E-state index is 0.365. The fourth-order valence-corrected chi connectivity index (χ4v) is 1.20. The zero-order valence-electron chi connectivity index (χ0n) is 7.70. The summed E-state index contributed by atoms with van der Waals surface area (Å²) in [4.78, 5) is 0. The summed E-state index contributed by atoms with van der Waals surface area (Å²) in [7, 11) is 0. The molecule has 2 nitrogen and oxygen atoms in total. The van der Waals surface area contributed by atoms with Crippen molar-refractivity contribution in [1.82, 2.24) is 0 Å². The van der Waals surface area contributed by atoms with E-state index in [2.05, 4.69) is 6.58 Å². The molecule has 1 aromatic rings. The Labute approximate surface area is 82.5 Å². The number of benzene rings is 1. The van der Waals surface area contributed by atoms with Crippen molar-refractivity contribution in [2.24, 2.45) is 5.73 Å². The van der Waals surface area contributed by atoms with Crippen LogP contribution in [0.5, 0.6) is 0 Å². The molecule has 3 heteroatoms. The van der Waals surface area contributed by atoms with E-state index in [1.165, 1.54) is 18.2 Å². The second-order valence-corrected chi connectivity index (χ2v) is 2.98. The van der Waals surface area contributed by atoms with Crippen LogP contribution in [0.3, 0.4) is 0 Å². The lowest BCUT2D eigenvalue weighted by atomic mass is 10.0. The molecule has 0 bridgehead atoms. The molecule has 0 aliphatic rings.